The predicted molar refractivity (Wildman–Crippen MR) is 271 cm³/mol. The number of nitrogens with zero attached hydrogens (tertiary/aromatic N) is 5. The van der Waals surface area contributed by atoms with Crippen molar-refractivity contribution < 1.29 is 54.0 Å². The van der Waals surface area contributed by atoms with E-state index >= 15 is 0 Å². The highest BCUT2D eigenvalue weighted by atomic mass is 32.2. The molecule has 2 amide bonds. The first-order valence-electron chi connectivity index (χ1n) is 24.7. The molecule has 3 spiro atoms. The number of methoxy groups -OCH3 is 1. The predicted octanol–water partition coefficient (Wildman–Crippen LogP) is 1.79. The van der Waals surface area contributed by atoms with Crippen LogP contribution in [-0.4, -0.2) is 160 Å². The Morgan fingerprint density at radius 2 is 1.25 bits per heavy atom. The molecule has 3 aromatic carbocycles. The lowest BCUT2D eigenvalue weighted by Crippen LogP contribution is -2.67. The number of hydrogen-bond donors (Lipinski definition) is 6. The van der Waals surface area contributed by atoms with E-state index in [1.165, 1.54) is 68.4 Å². The van der Waals surface area contributed by atoms with Crippen molar-refractivity contribution in [1.82, 2.24) is 49.5 Å². The van der Waals surface area contributed by atoms with Crippen LogP contribution in [0.2, 0.25) is 0 Å². The molecule has 10 rings (SSSR count). The van der Waals surface area contributed by atoms with Crippen molar-refractivity contribution in [3.8, 4) is 5.75 Å². The molecule has 0 radical (unpaired) electrons. The van der Waals surface area contributed by atoms with E-state index < -0.39 is 52.0 Å². The number of aromatic nitrogens is 2. The Morgan fingerprint density at radius 3 is 1.72 bits per heavy atom. The monoisotopic (exact) mass is 1100 g/mol. The maximum Gasteiger partial charge on any atom is 0.269 e. The normalized spacial score (nSPS) is 22.0. The highest BCUT2D eigenvalue weighted by molar-refractivity contribution is 7.89. The van der Waals surface area contributed by atoms with Gasteiger partial charge >= 0.3 is 0 Å². The average Bonchev–Trinajstić information content (AvgIpc) is 4.03. The summed E-state index contributed by atoms with van der Waals surface area (Å²) in [5, 5.41) is 26.7. The van der Waals surface area contributed by atoms with E-state index in [2.05, 4.69) is 36.6 Å². The molecule has 406 valence electrons. The van der Waals surface area contributed by atoms with Gasteiger partial charge in [0.15, 0.2) is 5.78 Å². The third kappa shape index (κ3) is 12.8. The standard InChI is InChI=1S/C19H23N5O4S.C15H21N3O4S.C14H19N3O5S/c1-13(25)14-2-4-16(5-3-14)29(27,28)24-8-6-19(7-9-24)22-17(18(26)23-19)10-15-11-20-12-21-15;1-22-12-2-4-13(5-3-12)23(20,21)18-10-7-15(8-11-18)16-9-6-14(19)17-15;18-17(19)12-2-4-13(5-3-12)23(20,21)16-9-6-14(7-10-16)15-8-1-11-22-14/h2-5,11-12,17,22H,6-10H2,1H3,(H,20,21)(H,23,26);2-5,16H,6-11H2,1H3,(H,17,19);2-5,15H,1,6-11H2. The molecular weight excluding hydrogens is 1030 g/mol. The van der Waals surface area contributed by atoms with Crippen LogP contribution in [0.3, 0.4) is 0 Å². The van der Waals surface area contributed by atoms with E-state index in [0.717, 1.165) is 18.7 Å². The molecular formula is C48H63N11O13S3. The van der Waals surface area contributed by atoms with Gasteiger partial charge in [0.25, 0.3) is 5.69 Å². The van der Waals surface area contributed by atoms with Crippen LogP contribution >= 0.6 is 0 Å². The number of nitro groups is 1. The molecule has 7 heterocycles. The molecule has 1 aromatic heterocycles. The summed E-state index contributed by atoms with van der Waals surface area (Å²) in [6, 6.07) is 17.0. The zero-order valence-electron chi connectivity index (χ0n) is 41.7. The first-order chi connectivity index (χ1) is 35.7. The fourth-order valence-corrected chi connectivity index (χ4v) is 14.3. The van der Waals surface area contributed by atoms with Crippen molar-refractivity contribution in [1.29, 1.82) is 0 Å². The Hall–Kier alpha value is -5.75. The Bertz CT molecular complexity index is 3010. The lowest BCUT2D eigenvalue weighted by Gasteiger charge is -2.44. The van der Waals surface area contributed by atoms with Gasteiger partial charge in [-0.15, -0.1) is 0 Å². The minimum atomic E-state index is -3.65. The van der Waals surface area contributed by atoms with Crippen molar-refractivity contribution in [2.75, 3.05) is 66.1 Å². The van der Waals surface area contributed by atoms with E-state index in [1.807, 2.05) is 0 Å². The number of carbonyl (C=O) groups excluding carboxylic acids is 3. The zero-order valence-corrected chi connectivity index (χ0v) is 44.1. The highest BCUT2D eigenvalue weighted by Crippen LogP contribution is 2.32. The smallest absolute Gasteiger partial charge is 0.269 e. The van der Waals surface area contributed by atoms with Crippen molar-refractivity contribution in [2.45, 2.75) is 102 Å². The second kappa shape index (κ2) is 22.8. The van der Waals surface area contributed by atoms with Crippen LogP contribution in [0.25, 0.3) is 0 Å². The van der Waals surface area contributed by atoms with Gasteiger partial charge in [0.05, 0.1) is 57.0 Å². The number of Topliss-reactive ketones (excluding diaryl/α,β-unsaturated/α-hetero) is 1. The summed E-state index contributed by atoms with van der Waals surface area (Å²) >= 11 is 0. The molecule has 27 heteroatoms. The fourth-order valence-electron chi connectivity index (χ4n) is 10.0. The second-order valence-electron chi connectivity index (χ2n) is 19.2. The zero-order chi connectivity index (χ0) is 53.7. The molecule has 0 aliphatic carbocycles. The van der Waals surface area contributed by atoms with Crippen LogP contribution in [0.15, 0.2) is 100 Å². The summed E-state index contributed by atoms with van der Waals surface area (Å²) in [4.78, 5) is 53.0. The van der Waals surface area contributed by atoms with Crippen molar-refractivity contribution in [2.24, 2.45) is 0 Å². The first-order valence-corrected chi connectivity index (χ1v) is 29.0. The lowest BCUT2D eigenvalue weighted by molar-refractivity contribution is -0.384. The number of ether oxygens (including phenoxy) is 2. The third-order valence-corrected chi connectivity index (χ3v) is 20.2. The second-order valence-corrected chi connectivity index (χ2v) is 25.0. The number of nitro benzene ring substituents is 1. The molecule has 1 unspecified atom stereocenters. The molecule has 75 heavy (non-hydrogen) atoms. The van der Waals surface area contributed by atoms with Crippen LogP contribution in [0.5, 0.6) is 5.75 Å². The SMILES string of the molecule is CC(=O)c1ccc(S(=O)(=O)N2CCC3(CC2)NC(=O)C(Cc2cnc[nH]2)N3)cc1.COc1ccc(S(=O)(=O)N2CCC3(CC2)NCCC(=O)N3)cc1.O=[N+]([O-])c1ccc(S(=O)(=O)N2CCC3(CC2)NCCCO3)cc1. The molecule has 6 aliphatic rings. The summed E-state index contributed by atoms with van der Waals surface area (Å²) in [7, 11) is -9.26. The molecule has 6 aliphatic heterocycles. The molecule has 6 fully saturated rings. The largest absolute Gasteiger partial charge is 0.497 e. The maximum absolute atomic E-state index is 12.9. The van der Waals surface area contributed by atoms with Gasteiger partial charge in [-0.3, -0.25) is 40.4 Å². The quantitative estimate of drug-likeness (QED) is 0.0709. The number of carbonyl (C=O) groups is 3. The lowest BCUT2D eigenvalue weighted by atomic mass is 9.95. The molecule has 0 bridgehead atoms. The highest BCUT2D eigenvalue weighted by Gasteiger charge is 2.47. The van der Waals surface area contributed by atoms with E-state index in [1.54, 1.807) is 43.9 Å². The van der Waals surface area contributed by atoms with E-state index in [4.69, 9.17) is 9.47 Å². The number of benzene rings is 3. The number of non-ortho nitro benzene ring substituents is 1. The van der Waals surface area contributed by atoms with Gasteiger partial charge in [-0.2, -0.15) is 12.9 Å². The molecule has 24 nitrogen and oxygen atoms in total. The van der Waals surface area contributed by atoms with Crippen molar-refractivity contribution >= 4 is 53.4 Å². The van der Waals surface area contributed by atoms with Crippen LogP contribution in [0, 0.1) is 10.1 Å². The third-order valence-electron chi connectivity index (χ3n) is 14.4. The minimum absolute atomic E-state index is 0.0233. The van der Waals surface area contributed by atoms with Gasteiger partial charge < -0.3 is 25.1 Å². The van der Waals surface area contributed by atoms with Gasteiger partial charge in [-0.05, 0) is 94.1 Å². The van der Waals surface area contributed by atoms with Crippen LogP contribution in [0.4, 0.5) is 5.69 Å². The number of hydrogen-bond acceptors (Lipinski definition) is 17. The number of amides is 2. The van der Waals surface area contributed by atoms with Crippen molar-refractivity contribution in [3.63, 3.8) is 0 Å². The Balaban J connectivity index is 0.000000151. The topological polar surface area (TPSA) is 314 Å². The number of piperidine rings is 3. The van der Waals surface area contributed by atoms with Crippen LogP contribution < -0.4 is 31.3 Å². The number of rotatable bonds is 11. The molecule has 4 aromatic rings. The number of nitrogens with one attached hydrogen (secondary N) is 6. The van der Waals surface area contributed by atoms with Gasteiger partial charge in [-0.1, -0.05) is 12.1 Å². The molecule has 6 saturated heterocycles. The summed E-state index contributed by atoms with van der Waals surface area (Å²) in [5.41, 5.74) is -0.236. The van der Waals surface area contributed by atoms with Gasteiger partial charge in [0, 0.05) is 101 Å². The first kappa shape index (κ1) is 55.5. The van der Waals surface area contributed by atoms with Gasteiger partial charge in [-0.25, -0.2) is 30.2 Å². The van der Waals surface area contributed by atoms with Gasteiger partial charge in [0.1, 0.15) is 11.5 Å². The maximum atomic E-state index is 12.9. The minimum Gasteiger partial charge on any atom is -0.497 e. The Kier molecular flexibility index (Phi) is 16.9. The van der Waals surface area contributed by atoms with Crippen molar-refractivity contribution in [3.05, 3.63) is 107 Å². The summed E-state index contributed by atoms with van der Waals surface area (Å²) in [6.45, 7) is 5.73. The number of sulfonamides is 3. The molecule has 1 atom stereocenters. The van der Waals surface area contributed by atoms with Crippen LogP contribution in [-0.2, 0) is 50.8 Å². The number of aromatic amines is 1. The van der Waals surface area contributed by atoms with Gasteiger partial charge in [0.2, 0.25) is 41.9 Å². The number of H-pyrrole nitrogens is 1. The van der Waals surface area contributed by atoms with Crippen LogP contribution in [0.1, 0.15) is 74.3 Å². The number of ketones is 1. The average molecular weight is 1100 g/mol. The summed E-state index contributed by atoms with van der Waals surface area (Å²) in [5.74, 6) is 0.447. The Labute approximate surface area is 436 Å². The summed E-state index contributed by atoms with van der Waals surface area (Å²) in [6.07, 6.45) is 8.46. The molecule has 0 saturated carbocycles. The summed E-state index contributed by atoms with van der Waals surface area (Å²) < 4.78 is 91.7. The van der Waals surface area contributed by atoms with E-state index in [9.17, 15) is 49.8 Å². The Morgan fingerprint density at radius 1 is 0.733 bits per heavy atom. The van der Waals surface area contributed by atoms with E-state index in [-0.39, 0.29) is 44.0 Å². The number of imidazole rings is 1. The van der Waals surface area contributed by atoms with E-state index in [0.29, 0.717) is 115 Å². The molecule has 6 N–H and O–H groups in total. The fraction of sp³-hybridized carbons (Fsp3) is 0.500.